The molecule has 4 rings (SSSR count). The van der Waals surface area contributed by atoms with Crippen molar-refractivity contribution in [2.75, 3.05) is 0 Å². The van der Waals surface area contributed by atoms with Crippen LogP contribution in [0.4, 0.5) is 0 Å². The first kappa shape index (κ1) is 14.8. The summed E-state index contributed by atoms with van der Waals surface area (Å²) in [5, 5.41) is 18.0. The van der Waals surface area contributed by atoms with Gasteiger partial charge in [0.15, 0.2) is 0 Å². The Hall–Kier alpha value is -3.79. The van der Waals surface area contributed by atoms with Crippen molar-refractivity contribution >= 4 is 16.7 Å². The third-order valence-electron chi connectivity index (χ3n) is 3.99. The molecule has 7 nitrogen and oxygen atoms in total. The quantitative estimate of drug-likeness (QED) is 0.563. The molecule has 0 saturated carbocycles. The highest BCUT2D eigenvalue weighted by Crippen LogP contribution is 2.11. The molecule has 0 fully saturated rings. The van der Waals surface area contributed by atoms with Crippen LogP contribution < -0.4 is 11.0 Å². The van der Waals surface area contributed by atoms with Gasteiger partial charge in [0.1, 0.15) is 22.9 Å². The number of aromatic nitrogens is 4. The molecule has 7 heteroatoms. The van der Waals surface area contributed by atoms with Gasteiger partial charge in [0.25, 0.3) is 5.56 Å². The van der Waals surface area contributed by atoms with E-state index < -0.39 is 0 Å². The second-order valence-electron chi connectivity index (χ2n) is 5.51. The van der Waals surface area contributed by atoms with E-state index in [-0.39, 0.29) is 23.2 Å². The van der Waals surface area contributed by atoms with E-state index in [4.69, 9.17) is 5.41 Å². The van der Waals surface area contributed by atoms with E-state index >= 15 is 0 Å². The lowest BCUT2D eigenvalue weighted by molar-refractivity contribution is 0.732. The van der Waals surface area contributed by atoms with Gasteiger partial charge in [-0.1, -0.05) is 12.1 Å². The van der Waals surface area contributed by atoms with Gasteiger partial charge in [0.05, 0.1) is 23.2 Å². The van der Waals surface area contributed by atoms with Crippen molar-refractivity contribution < 1.29 is 0 Å². The molecule has 0 amide bonds. The summed E-state index contributed by atoms with van der Waals surface area (Å²) >= 11 is 0. The standard InChI is InChI=1S/C18H12N6O/c19-10-12-9-14-17(22-15-6-2-4-8-23(15)18(14)25)24(16(12)20)11-13-5-1-3-7-21-13/h1-9,20H,11H2. The highest BCUT2D eigenvalue weighted by atomic mass is 16.1. The molecule has 0 saturated heterocycles. The Morgan fingerprint density at radius 1 is 1.20 bits per heavy atom. The average Bonchev–Trinajstić information content (AvgIpc) is 2.65. The van der Waals surface area contributed by atoms with Crippen LogP contribution in [0.15, 0.2) is 59.7 Å². The molecule has 0 bridgehead atoms. The smallest absolute Gasteiger partial charge is 0.267 e. The van der Waals surface area contributed by atoms with Crippen LogP contribution in [0.3, 0.4) is 0 Å². The second kappa shape index (κ2) is 5.69. The lowest BCUT2D eigenvalue weighted by Gasteiger charge is -2.12. The molecule has 4 aromatic rings. The number of nitrogens with one attached hydrogen (secondary N) is 1. The summed E-state index contributed by atoms with van der Waals surface area (Å²) in [6.07, 6.45) is 3.29. The highest BCUT2D eigenvalue weighted by Gasteiger charge is 2.13. The minimum absolute atomic E-state index is 0.00725. The van der Waals surface area contributed by atoms with Gasteiger partial charge in [0, 0.05) is 12.4 Å². The molecular weight excluding hydrogens is 316 g/mol. The number of nitriles is 1. The summed E-state index contributed by atoms with van der Waals surface area (Å²) < 4.78 is 2.98. The van der Waals surface area contributed by atoms with E-state index in [1.54, 1.807) is 41.2 Å². The molecular formula is C18H12N6O. The Labute approximate surface area is 141 Å². The minimum atomic E-state index is -0.271. The van der Waals surface area contributed by atoms with Crippen LogP contribution in [0.1, 0.15) is 11.3 Å². The number of pyridine rings is 3. The zero-order valence-electron chi connectivity index (χ0n) is 13.0. The highest BCUT2D eigenvalue weighted by molar-refractivity contribution is 5.77. The van der Waals surface area contributed by atoms with Crippen molar-refractivity contribution in [1.29, 1.82) is 10.7 Å². The van der Waals surface area contributed by atoms with Gasteiger partial charge < -0.3 is 4.57 Å². The van der Waals surface area contributed by atoms with E-state index in [9.17, 15) is 10.1 Å². The molecule has 4 aromatic heterocycles. The van der Waals surface area contributed by atoms with Crippen LogP contribution in [0.25, 0.3) is 16.7 Å². The number of rotatable bonds is 2. The Kier molecular flexibility index (Phi) is 3.36. The van der Waals surface area contributed by atoms with E-state index in [0.29, 0.717) is 22.4 Å². The average molecular weight is 328 g/mol. The van der Waals surface area contributed by atoms with Gasteiger partial charge >= 0.3 is 0 Å². The maximum absolute atomic E-state index is 12.8. The third kappa shape index (κ3) is 2.37. The maximum atomic E-state index is 12.8. The van der Waals surface area contributed by atoms with Gasteiger partial charge in [-0.25, -0.2) is 4.98 Å². The summed E-state index contributed by atoms with van der Waals surface area (Å²) in [6.45, 7) is 0.251. The monoisotopic (exact) mass is 328 g/mol. The van der Waals surface area contributed by atoms with Crippen LogP contribution in [0.5, 0.6) is 0 Å². The zero-order valence-corrected chi connectivity index (χ0v) is 13.0. The predicted molar refractivity (Wildman–Crippen MR) is 90.9 cm³/mol. The minimum Gasteiger partial charge on any atom is -0.304 e. The Morgan fingerprint density at radius 2 is 2.04 bits per heavy atom. The molecule has 0 aliphatic rings. The molecule has 25 heavy (non-hydrogen) atoms. The summed E-state index contributed by atoms with van der Waals surface area (Å²) in [4.78, 5) is 21.6. The fourth-order valence-corrected chi connectivity index (χ4v) is 2.78. The molecule has 0 aliphatic heterocycles. The van der Waals surface area contributed by atoms with E-state index in [1.807, 2.05) is 18.2 Å². The van der Waals surface area contributed by atoms with Crippen molar-refractivity contribution in [2.45, 2.75) is 6.54 Å². The molecule has 0 atom stereocenters. The third-order valence-corrected chi connectivity index (χ3v) is 3.99. The first-order valence-corrected chi connectivity index (χ1v) is 7.58. The lowest BCUT2D eigenvalue weighted by Crippen LogP contribution is -2.28. The predicted octanol–water partition coefficient (Wildman–Crippen LogP) is 1.44. The molecule has 0 aromatic carbocycles. The Bertz CT molecular complexity index is 1260. The fraction of sp³-hybridized carbons (Fsp3) is 0.0556. The van der Waals surface area contributed by atoms with Gasteiger partial charge in [-0.15, -0.1) is 0 Å². The van der Waals surface area contributed by atoms with Crippen molar-refractivity contribution in [3.63, 3.8) is 0 Å². The van der Waals surface area contributed by atoms with Gasteiger partial charge in [-0.05, 0) is 30.3 Å². The number of hydrogen-bond acceptors (Lipinski definition) is 5. The molecule has 0 spiro atoms. The van der Waals surface area contributed by atoms with Gasteiger partial charge in [0.2, 0.25) is 0 Å². The van der Waals surface area contributed by atoms with Crippen LogP contribution in [0, 0.1) is 16.7 Å². The lowest BCUT2D eigenvalue weighted by atomic mass is 10.2. The summed E-state index contributed by atoms with van der Waals surface area (Å²) in [7, 11) is 0. The summed E-state index contributed by atoms with van der Waals surface area (Å²) in [6, 6.07) is 14.2. The van der Waals surface area contributed by atoms with E-state index in [0.717, 1.165) is 0 Å². The van der Waals surface area contributed by atoms with Crippen LogP contribution in [0.2, 0.25) is 0 Å². The first-order valence-electron chi connectivity index (χ1n) is 7.58. The molecule has 0 aliphatic carbocycles. The summed E-state index contributed by atoms with van der Waals surface area (Å²) in [5.74, 6) is 0. The Morgan fingerprint density at radius 3 is 2.80 bits per heavy atom. The van der Waals surface area contributed by atoms with Gasteiger partial charge in [-0.2, -0.15) is 5.26 Å². The normalized spacial score (nSPS) is 10.8. The SMILES string of the molecule is N#Cc1cc2c(=O)n3ccccc3nc2n(Cc2ccccn2)c1=N. The van der Waals surface area contributed by atoms with E-state index in [1.165, 1.54) is 10.5 Å². The number of nitrogens with zero attached hydrogens (tertiary/aromatic N) is 5. The van der Waals surface area contributed by atoms with E-state index in [2.05, 4.69) is 9.97 Å². The van der Waals surface area contributed by atoms with Crippen LogP contribution >= 0.6 is 0 Å². The van der Waals surface area contributed by atoms with Crippen LogP contribution in [-0.4, -0.2) is 18.9 Å². The second-order valence-corrected chi connectivity index (χ2v) is 5.51. The molecule has 4 heterocycles. The number of fused-ring (bicyclic) bond motifs is 2. The van der Waals surface area contributed by atoms with Crippen molar-refractivity contribution in [1.82, 2.24) is 18.9 Å². The topological polar surface area (TPSA) is 99.8 Å². The Balaban J connectivity index is 2.12. The largest absolute Gasteiger partial charge is 0.304 e. The molecule has 0 radical (unpaired) electrons. The van der Waals surface area contributed by atoms with Crippen LogP contribution in [-0.2, 0) is 6.54 Å². The van der Waals surface area contributed by atoms with Crippen molar-refractivity contribution in [3.8, 4) is 6.07 Å². The maximum Gasteiger partial charge on any atom is 0.267 e. The zero-order chi connectivity index (χ0) is 17.4. The fourth-order valence-electron chi connectivity index (χ4n) is 2.78. The molecule has 1 N–H and O–H groups in total. The molecule has 0 unspecified atom stereocenters. The van der Waals surface area contributed by atoms with Crippen molar-refractivity contribution in [2.24, 2.45) is 0 Å². The summed E-state index contributed by atoms with van der Waals surface area (Å²) in [5.41, 5.74) is 1.43. The first-order chi connectivity index (χ1) is 12.2. The van der Waals surface area contributed by atoms with Crippen molar-refractivity contribution in [3.05, 3.63) is 82.0 Å². The van der Waals surface area contributed by atoms with Gasteiger partial charge in [-0.3, -0.25) is 19.6 Å². The number of hydrogen-bond donors (Lipinski definition) is 1. The molecule has 120 valence electrons.